The van der Waals surface area contributed by atoms with Gasteiger partial charge in [0, 0.05) is 18.6 Å². The zero-order valence-corrected chi connectivity index (χ0v) is 8.79. The molecule has 3 heteroatoms. The molecule has 2 atom stereocenters. The molecule has 0 radical (unpaired) electrons. The highest BCUT2D eigenvalue weighted by Crippen LogP contribution is 2.09. The third-order valence-electron chi connectivity index (χ3n) is 2.80. The van der Waals surface area contributed by atoms with E-state index in [9.17, 15) is 0 Å². The van der Waals surface area contributed by atoms with Gasteiger partial charge < -0.3 is 10.4 Å². The van der Waals surface area contributed by atoms with Gasteiger partial charge in [0.1, 0.15) is 0 Å². The number of hydrogen-bond acceptors (Lipinski definition) is 3. The molecule has 0 spiro atoms. The molecule has 78 valence electrons. The van der Waals surface area contributed by atoms with E-state index in [4.69, 9.17) is 5.11 Å². The molecule has 1 heterocycles. The highest BCUT2D eigenvalue weighted by molar-refractivity contribution is 4.80. The smallest absolute Gasteiger partial charge is 0.0597 e. The van der Waals surface area contributed by atoms with Gasteiger partial charge in [0.2, 0.25) is 0 Å². The van der Waals surface area contributed by atoms with Crippen molar-refractivity contribution in [3.8, 4) is 0 Å². The van der Waals surface area contributed by atoms with E-state index in [-0.39, 0.29) is 12.6 Å². The number of rotatable bonds is 3. The molecule has 1 aliphatic rings. The van der Waals surface area contributed by atoms with Crippen LogP contribution in [0.4, 0.5) is 0 Å². The first-order valence-electron chi connectivity index (χ1n) is 5.36. The van der Waals surface area contributed by atoms with Crippen LogP contribution in [-0.2, 0) is 0 Å². The molecule has 1 rings (SSSR count). The monoisotopic (exact) mass is 186 g/mol. The third-order valence-corrected chi connectivity index (χ3v) is 2.80. The molecular weight excluding hydrogens is 164 g/mol. The largest absolute Gasteiger partial charge is 0.395 e. The zero-order chi connectivity index (χ0) is 9.68. The number of hydrogen-bond donors (Lipinski definition) is 2. The summed E-state index contributed by atoms with van der Waals surface area (Å²) < 4.78 is 0. The van der Waals surface area contributed by atoms with Gasteiger partial charge in [0.25, 0.3) is 0 Å². The van der Waals surface area contributed by atoms with Crippen LogP contribution in [0.5, 0.6) is 0 Å². The Labute approximate surface area is 81.1 Å². The SMILES string of the molecule is CCCN1CC(CO)NCCC1C. The lowest BCUT2D eigenvalue weighted by atomic mass is 10.2. The summed E-state index contributed by atoms with van der Waals surface area (Å²) in [6.07, 6.45) is 2.39. The van der Waals surface area contributed by atoms with Gasteiger partial charge in [0.15, 0.2) is 0 Å². The zero-order valence-electron chi connectivity index (χ0n) is 8.79. The molecule has 2 N–H and O–H groups in total. The Morgan fingerprint density at radius 2 is 2.31 bits per heavy atom. The molecule has 0 amide bonds. The highest BCUT2D eigenvalue weighted by atomic mass is 16.3. The predicted octanol–water partition coefficient (Wildman–Crippen LogP) is 0.441. The van der Waals surface area contributed by atoms with Gasteiger partial charge in [-0.05, 0) is 32.9 Å². The molecule has 1 saturated heterocycles. The molecule has 0 aromatic rings. The Kier molecular flexibility index (Phi) is 4.70. The first kappa shape index (κ1) is 11.0. The summed E-state index contributed by atoms with van der Waals surface area (Å²) in [6, 6.07) is 0.931. The minimum absolute atomic E-state index is 0.257. The van der Waals surface area contributed by atoms with Crippen LogP contribution in [-0.4, -0.2) is 48.3 Å². The molecule has 0 bridgehead atoms. The maximum absolute atomic E-state index is 9.10. The molecule has 0 aromatic carbocycles. The Morgan fingerprint density at radius 1 is 1.54 bits per heavy atom. The molecule has 0 aromatic heterocycles. The van der Waals surface area contributed by atoms with Crippen LogP contribution < -0.4 is 5.32 Å². The van der Waals surface area contributed by atoms with Crippen LogP contribution in [0.1, 0.15) is 26.7 Å². The fourth-order valence-corrected chi connectivity index (χ4v) is 1.93. The van der Waals surface area contributed by atoms with E-state index in [2.05, 4.69) is 24.1 Å². The number of nitrogens with one attached hydrogen (secondary N) is 1. The summed E-state index contributed by atoms with van der Waals surface area (Å²) in [7, 11) is 0. The quantitative estimate of drug-likeness (QED) is 0.671. The molecule has 1 fully saturated rings. The minimum atomic E-state index is 0.257. The second-order valence-corrected chi connectivity index (χ2v) is 3.97. The van der Waals surface area contributed by atoms with E-state index in [1.165, 1.54) is 12.8 Å². The maximum Gasteiger partial charge on any atom is 0.0597 e. The van der Waals surface area contributed by atoms with Crippen LogP contribution in [0.25, 0.3) is 0 Å². The topological polar surface area (TPSA) is 35.5 Å². The van der Waals surface area contributed by atoms with Crippen molar-refractivity contribution >= 4 is 0 Å². The Balaban J connectivity index is 2.45. The fraction of sp³-hybridized carbons (Fsp3) is 1.00. The summed E-state index contributed by atoms with van der Waals surface area (Å²) in [5.74, 6) is 0. The van der Waals surface area contributed by atoms with E-state index >= 15 is 0 Å². The summed E-state index contributed by atoms with van der Waals surface area (Å²) in [5, 5.41) is 12.5. The fourth-order valence-electron chi connectivity index (χ4n) is 1.93. The van der Waals surface area contributed by atoms with E-state index in [0.29, 0.717) is 6.04 Å². The normalized spacial score (nSPS) is 31.6. The van der Waals surface area contributed by atoms with Crippen molar-refractivity contribution in [3.05, 3.63) is 0 Å². The van der Waals surface area contributed by atoms with E-state index in [1.807, 2.05) is 0 Å². The van der Waals surface area contributed by atoms with Crippen LogP contribution >= 0.6 is 0 Å². The Bertz CT molecular complexity index is 141. The number of aliphatic hydroxyl groups excluding tert-OH is 1. The van der Waals surface area contributed by atoms with Crippen LogP contribution in [0.2, 0.25) is 0 Å². The summed E-state index contributed by atoms with van der Waals surface area (Å²) >= 11 is 0. The van der Waals surface area contributed by atoms with E-state index < -0.39 is 0 Å². The lowest BCUT2D eigenvalue weighted by Gasteiger charge is -2.27. The number of nitrogens with zero attached hydrogens (tertiary/aromatic N) is 1. The van der Waals surface area contributed by atoms with Crippen molar-refractivity contribution in [2.24, 2.45) is 0 Å². The van der Waals surface area contributed by atoms with Gasteiger partial charge in [0.05, 0.1) is 6.61 Å². The number of aliphatic hydroxyl groups is 1. The van der Waals surface area contributed by atoms with Gasteiger partial charge in [-0.1, -0.05) is 6.92 Å². The van der Waals surface area contributed by atoms with E-state index in [1.54, 1.807) is 0 Å². The molecular formula is C10H22N2O. The summed E-state index contributed by atoms with van der Waals surface area (Å²) in [6.45, 7) is 7.92. The summed E-state index contributed by atoms with van der Waals surface area (Å²) in [4.78, 5) is 2.47. The Hall–Kier alpha value is -0.120. The predicted molar refractivity (Wildman–Crippen MR) is 54.8 cm³/mol. The van der Waals surface area contributed by atoms with Gasteiger partial charge in [-0.25, -0.2) is 0 Å². The van der Waals surface area contributed by atoms with Crippen molar-refractivity contribution in [1.29, 1.82) is 0 Å². The summed E-state index contributed by atoms with van der Waals surface area (Å²) in [5.41, 5.74) is 0. The van der Waals surface area contributed by atoms with Crippen molar-refractivity contribution in [1.82, 2.24) is 10.2 Å². The van der Waals surface area contributed by atoms with Gasteiger partial charge in [-0.3, -0.25) is 4.90 Å². The first-order chi connectivity index (χ1) is 6.27. The average Bonchev–Trinajstić information content (AvgIpc) is 2.30. The first-order valence-corrected chi connectivity index (χ1v) is 5.36. The molecule has 3 nitrogen and oxygen atoms in total. The molecule has 1 aliphatic heterocycles. The van der Waals surface area contributed by atoms with E-state index in [0.717, 1.165) is 19.6 Å². The maximum atomic E-state index is 9.10. The van der Waals surface area contributed by atoms with Crippen molar-refractivity contribution in [2.75, 3.05) is 26.2 Å². The van der Waals surface area contributed by atoms with Gasteiger partial charge >= 0.3 is 0 Å². The van der Waals surface area contributed by atoms with Crippen LogP contribution in [0, 0.1) is 0 Å². The van der Waals surface area contributed by atoms with Gasteiger partial charge in [-0.15, -0.1) is 0 Å². The lowest BCUT2D eigenvalue weighted by molar-refractivity contribution is 0.172. The molecule has 0 aliphatic carbocycles. The van der Waals surface area contributed by atoms with Gasteiger partial charge in [-0.2, -0.15) is 0 Å². The second-order valence-electron chi connectivity index (χ2n) is 3.97. The molecule has 2 unspecified atom stereocenters. The van der Waals surface area contributed by atoms with Crippen molar-refractivity contribution in [3.63, 3.8) is 0 Å². The molecule has 13 heavy (non-hydrogen) atoms. The van der Waals surface area contributed by atoms with Crippen LogP contribution in [0.3, 0.4) is 0 Å². The average molecular weight is 186 g/mol. The van der Waals surface area contributed by atoms with Crippen LogP contribution in [0.15, 0.2) is 0 Å². The third kappa shape index (κ3) is 3.25. The second kappa shape index (κ2) is 5.58. The molecule has 0 saturated carbocycles. The van der Waals surface area contributed by atoms with Crippen molar-refractivity contribution < 1.29 is 5.11 Å². The lowest BCUT2D eigenvalue weighted by Crippen LogP contribution is -2.42. The minimum Gasteiger partial charge on any atom is -0.395 e. The highest BCUT2D eigenvalue weighted by Gasteiger charge is 2.21. The standard InChI is InChI=1S/C10H22N2O/c1-3-6-12-7-10(8-13)11-5-4-9(12)2/h9-11,13H,3-8H2,1-2H3. The Morgan fingerprint density at radius 3 is 2.92 bits per heavy atom. The van der Waals surface area contributed by atoms with Crippen molar-refractivity contribution in [2.45, 2.75) is 38.8 Å².